The summed E-state index contributed by atoms with van der Waals surface area (Å²) in [5.41, 5.74) is 6.37. The molecule has 2 aromatic heterocycles. The number of carbonyl (C=O) groups excluding carboxylic acids is 3. The number of imide groups is 1. The molecule has 0 aliphatic carbocycles. The molecule has 3 heterocycles. The number of nitrogens with two attached hydrogens (primary N) is 1. The van der Waals surface area contributed by atoms with Crippen molar-refractivity contribution in [3.63, 3.8) is 0 Å². The van der Waals surface area contributed by atoms with Gasteiger partial charge in [0.2, 0.25) is 11.8 Å². The van der Waals surface area contributed by atoms with Crippen LogP contribution >= 0.6 is 11.3 Å². The van der Waals surface area contributed by atoms with Crippen molar-refractivity contribution in [3.05, 3.63) is 23.3 Å². The molecule has 108 valence electrons. The van der Waals surface area contributed by atoms with E-state index in [-0.39, 0.29) is 6.54 Å². The number of hydrogen-bond acceptors (Lipinski definition) is 6. The highest BCUT2D eigenvalue weighted by atomic mass is 32.1. The van der Waals surface area contributed by atoms with Gasteiger partial charge in [0.1, 0.15) is 17.5 Å². The molecule has 0 spiro atoms. The fourth-order valence-corrected chi connectivity index (χ4v) is 3.27. The number of nitrogens with zero attached hydrogens (tertiary/aromatic N) is 2. The second kappa shape index (κ2) is 4.81. The van der Waals surface area contributed by atoms with Crippen LogP contribution < -0.4 is 11.1 Å². The van der Waals surface area contributed by atoms with E-state index in [1.807, 2.05) is 0 Å². The number of carbonyl (C=O) groups is 3. The van der Waals surface area contributed by atoms with E-state index in [0.29, 0.717) is 10.6 Å². The lowest BCUT2D eigenvalue weighted by molar-refractivity contribution is -0.138. The van der Waals surface area contributed by atoms with Gasteiger partial charge in [0.15, 0.2) is 0 Å². The molecular formula is C13H12N4O3S. The Kier molecular flexibility index (Phi) is 3.09. The molecule has 21 heavy (non-hydrogen) atoms. The van der Waals surface area contributed by atoms with E-state index < -0.39 is 23.8 Å². The molecule has 3 N–H and O–H groups in total. The lowest BCUT2D eigenvalue weighted by atomic mass is 10.1. The average molecular weight is 304 g/mol. The zero-order valence-electron chi connectivity index (χ0n) is 11.1. The zero-order valence-corrected chi connectivity index (χ0v) is 11.9. The van der Waals surface area contributed by atoms with E-state index in [1.54, 1.807) is 25.4 Å². The van der Waals surface area contributed by atoms with Crippen molar-refractivity contribution in [1.29, 1.82) is 0 Å². The van der Waals surface area contributed by atoms with Crippen molar-refractivity contribution in [1.82, 2.24) is 15.2 Å². The van der Waals surface area contributed by atoms with Gasteiger partial charge in [0, 0.05) is 17.8 Å². The van der Waals surface area contributed by atoms with Crippen molar-refractivity contribution < 1.29 is 14.4 Å². The predicted octanol–water partition coefficient (Wildman–Crippen LogP) is 0.366. The summed E-state index contributed by atoms with van der Waals surface area (Å²) < 4.78 is 0.791. The van der Waals surface area contributed by atoms with E-state index in [2.05, 4.69) is 10.3 Å². The van der Waals surface area contributed by atoms with Gasteiger partial charge < -0.3 is 10.6 Å². The summed E-state index contributed by atoms with van der Waals surface area (Å²) in [4.78, 5) is 41.2. The molecule has 1 fully saturated rings. The number of nitrogens with one attached hydrogen (secondary N) is 1. The highest BCUT2D eigenvalue weighted by Crippen LogP contribution is 2.34. The summed E-state index contributed by atoms with van der Waals surface area (Å²) in [5.74, 6) is -1.39. The topological polar surface area (TPSA) is 105 Å². The molecule has 8 heteroatoms. The van der Waals surface area contributed by atoms with Gasteiger partial charge in [-0.3, -0.25) is 24.7 Å². The summed E-state index contributed by atoms with van der Waals surface area (Å²) in [6.07, 6.45) is 3.23. The molecule has 0 bridgehead atoms. The molecule has 1 aliphatic rings. The Labute approximate surface area is 123 Å². The molecule has 0 aromatic carbocycles. The first-order valence-electron chi connectivity index (χ1n) is 6.25. The van der Waals surface area contributed by atoms with Crippen LogP contribution in [0, 0.1) is 0 Å². The van der Waals surface area contributed by atoms with Gasteiger partial charge in [0.05, 0.1) is 10.4 Å². The third-order valence-corrected chi connectivity index (χ3v) is 4.55. The van der Waals surface area contributed by atoms with Gasteiger partial charge in [-0.1, -0.05) is 0 Å². The number of anilines is 1. The number of aromatic nitrogens is 1. The van der Waals surface area contributed by atoms with Gasteiger partial charge in [-0.2, -0.15) is 0 Å². The van der Waals surface area contributed by atoms with Gasteiger partial charge in [0.25, 0.3) is 5.91 Å². The minimum absolute atomic E-state index is 0.155. The summed E-state index contributed by atoms with van der Waals surface area (Å²) in [6, 6.07) is 1.02. The highest BCUT2D eigenvalue weighted by molar-refractivity contribution is 7.21. The normalized spacial score (nSPS) is 18.9. The Bertz CT molecular complexity index is 770. The Morgan fingerprint density at radius 2 is 2.29 bits per heavy atom. The number of pyridine rings is 1. The second-order valence-corrected chi connectivity index (χ2v) is 5.79. The maximum Gasteiger partial charge on any atom is 0.267 e. The van der Waals surface area contributed by atoms with Crippen LogP contribution in [0.15, 0.2) is 18.5 Å². The minimum atomic E-state index is -0.710. The molecule has 0 radical (unpaired) electrons. The average Bonchev–Trinajstić information content (AvgIpc) is 2.80. The van der Waals surface area contributed by atoms with Crippen molar-refractivity contribution >= 4 is 44.8 Å². The number of nitrogen functional groups attached to an aromatic ring is 1. The Balaban J connectivity index is 2.02. The van der Waals surface area contributed by atoms with Crippen LogP contribution in [0.2, 0.25) is 0 Å². The number of amides is 3. The van der Waals surface area contributed by atoms with E-state index >= 15 is 0 Å². The Morgan fingerprint density at radius 1 is 1.52 bits per heavy atom. The largest absolute Gasteiger partial charge is 0.397 e. The first-order chi connectivity index (χ1) is 9.99. The van der Waals surface area contributed by atoms with Crippen LogP contribution in [-0.4, -0.2) is 40.2 Å². The van der Waals surface area contributed by atoms with Crippen molar-refractivity contribution in [2.45, 2.75) is 13.0 Å². The quantitative estimate of drug-likeness (QED) is 0.740. The van der Waals surface area contributed by atoms with Gasteiger partial charge in [-0.15, -0.1) is 11.3 Å². The molecule has 1 saturated heterocycles. The van der Waals surface area contributed by atoms with Crippen LogP contribution in [-0.2, 0) is 9.59 Å². The second-order valence-electron chi connectivity index (χ2n) is 4.74. The van der Waals surface area contributed by atoms with Gasteiger partial charge >= 0.3 is 0 Å². The number of piperazine rings is 1. The summed E-state index contributed by atoms with van der Waals surface area (Å²) in [6.45, 7) is 1.42. The summed E-state index contributed by atoms with van der Waals surface area (Å²) >= 11 is 1.21. The molecular weight excluding hydrogens is 292 g/mol. The SMILES string of the molecule is CC1C(=O)NC(=O)CN1C(=O)c1sc2cnccc2c1N. The smallest absolute Gasteiger partial charge is 0.267 e. The van der Waals surface area contributed by atoms with E-state index in [4.69, 9.17) is 5.73 Å². The molecule has 1 unspecified atom stereocenters. The number of hydrogen-bond donors (Lipinski definition) is 2. The lowest BCUT2D eigenvalue weighted by Gasteiger charge is -2.31. The lowest BCUT2D eigenvalue weighted by Crippen LogP contribution is -2.58. The first kappa shape index (κ1) is 13.5. The molecule has 3 amide bonds. The van der Waals surface area contributed by atoms with Gasteiger partial charge in [-0.25, -0.2) is 0 Å². The summed E-state index contributed by atoms with van der Waals surface area (Å²) in [7, 11) is 0. The number of thiophene rings is 1. The third kappa shape index (κ3) is 2.13. The van der Waals surface area contributed by atoms with Crippen LogP contribution in [0.1, 0.15) is 16.6 Å². The Morgan fingerprint density at radius 3 is 3.00 bits per heavy atom. The maximum absolute atomic E-state index is 12.6. The standard InChI is InChI=1S/C13H12N4O3S/c1-6-12(19)16-9(18)5-17(6)13(20)11-10(14)7-2-3-15-4-8(7)21-11/h2-4,6H,5,14H2,1H3,(H,16,18,19). The molecule has 2 aromatic rings. The van der Waals surface area contributed by atoms with Gasteiger partial charge in [-0.05, 0) is 13.0 Å². The van der Waals surface area contributed by atoms with Crippen molar-refractivity contribution in [2.75, 3.05) is 12.3 Å². The monoisotopic (exact) mass is 304 g/mol. The molecule has 3 rings (SSSR count). The van der Waals surface area contributed by atoms with Crippen LogP contribution in [0.3, 0.4) is 0 Å². The first-order valence-corrected chi connectivity index (χ1v) is 7.07. The van der Waals surface area contributed by atoms with Crippen molar-refractivity contribution in [2.24, 2.45) is 0 Å². The molecule has 1 atom stereocenters. The predicted molar refractivity (Wildman–Crippen MR) is 77.7 cm³/mol. The Hall–Kier alpha value is -2.48. The molecule has 0 saturated carbocycles. The summed E-state index contributed by atoms with van der Waals surface area (Å²) in [5, 5.41) is 2.95. The highest BCUT2D eigenvalue weighted by Gasteiger charge is 2.35. The molecule has 1 aliphatic heterocycles. The number of rotatable bonds is 1. The maximum atomic E-state index is 12.6. The fraction of sp³-hybridized carbons (Fsp3) is 0.231. The van der Waals surface area contributed by atoms with E-state index in [9.17, 15) is 14.4 Å². The van der Waals surface area contributed by atoms with E-state index in [0.717, 1.165) is 10.1 Å². The number of fused-ring (bicyclic) bond motifs is 1. The van der Waals surface area contributed by atoms with Crippen LogP contribution in [0.5, 0.6) is 0 Å². The van der Waals surface area contributed by atoms with E-state index in [1.165, 1.54) is 16.2 Å². The fourth-order valence-electron chi connectivity index (χ4n) is 2.22. The minimum Gasteiger partial charge on any atom is -0.397 e. The molecule has 7 nitrogen and oxygen atoms in total. The van der Waals surface area contributed by atoms with Crippen molar-refractivity contribution in [3.8, 4) is 0 Å². The zero-order chi connectivity index (χ0) is 15.1. The van der Waals surface area contributed by atoms with Crippen LogP contribution in [0.25, 0.3) is 10.1 Å². The van der Waals surface area contributed by atoms with Crippen LogP contribution in [0.4, 0.5) is 5.69 Å². The third-order valence-electron chi connectivity index (χ3n) is 3.41.